The van der Waals surface area contributed by atoms with Crippen LogP contribution in [0.2, 0.25) is 0 Å². The molecule has 1 N–H and O–H groups in total. The monoisotopic (exact) mass is 794 g/mol. The zero-order valence-corrected chi connectivity index (χ0v) is 38.4. The van der Waals surface area contributed by atoms with Crippen LogP contribution in [0.5, 0.6) is 0 Å². The number of nitrogens with zero attached hydrogens (tertiary/aromatic N) is 1. The van der Waals surface area contributed by atoms with Crippen LogP contribution in [0.15, 0.2) is 0 Å². The van der Waals surface area contributed by atoms with Crippen LogP contribution in [0, 0.1) is 11.8 Å². The Balaban J connectivity index is 4.29. The Kier molecular flexibility index (Phi) is 44.0. The van der Waals surface area contributed by atoms with Crippen molar-refractivity contribution in [2.75, 3.05) is 39.5 Å². The lowest BCUT2D eigenvalue weighted by Crippen LogP contribution is -2.29. The molecule has 0 heterocycles. The number of carbonyl (C=O) groups is 2. The van der Waals surface area contributed by atoms with Gasteiger partial charge in [0.05, 0.1) is 19.8 Å². The van der Waals surface area contributed by atoms with Crippen molar-refractivity contribution < 1.29 is 24.2 Å². The normalized spacial score (nSPS) is 12.7. The van der Waals surface area contributed by atoms with Crippen LogP contribution in [-0.2, 0) is 19.1 Å². The Morgan fingerprint density at radius 3 is 1.00 bits per heavy atom. The van der Waals surface area contributed by atoms with Gasteiger partial charge in [-0.05, 0) is 76.3 Å². The Morgan fingerprint density at radius 1 is 0.393 bits per heavy atom. The maximum Gasteiger partial charge on any atom is 0.305 e. The molecule has 0 spiro atoms. The van der Waals surface area contributed by atoms with E-state index in [1.165, 1.54) is 180 Å². The summed E-state index contributed by atoms with van der Waals surface area (Å²) in [4.78, 5) is 27.6. The van der Waals surface area contributed by atoms with Gasteiger partial charge in [-0.1, -0.05) is 195 Å². The number of hydrogen-bond donors (Lipinski definition) is 1. The molecule has 0 aliphatic carbocycles. The third-order valence-corrected chi connectivity index (χ3v) is 12.0. The van der Waals surface area contributed by atoms with Gasteiger partial charge in [0.2, 0.25) is 0 Å². The number of carbonyl (C=O) groups excluding carboxylic acids is 2. The Bertz CT molecular complexity index is 806. The zero-order chi connectivity index (χ0) is 41.0. The predicted octanol–water partition coefficient (Wildman–Crippen LogP) is 14.7. The van der Waals surface area contributed by atoms with Crippen LogP contribution in [0.1, 0.15) is 259 Å². The average Bonchev–Trinajstić information content (AvgIpc) is 3.20. The number of unbranched alkanes of at least 4 members (excludes halogenated alkanes) is 24. The van der Waals surface area contributed by atoms with E-state index in [2.05, 4.69) is 32.6 Å². The number of aliphatic hydroxyl groups excluding tert-OH is 1. The van der Waals surface area contributed by atoms with E-state index in [0.717, 1.165) is 51.6 Å². The van der Waals surface area contributed by atoms with Gasteiger partial charge in [0, 0.05) is 19.4 Å². The molecule has 0 fully saturated rings. The molecule has 0 saturated carbocycles. The molecular weight excluding hydrogens is 695 g/mol. The minimum absolute atomic E-state index is 0.0279. The van der Waals surface area contributed by atoms with Crippen molar-refractivity contribution in [3.63, 3.8) is 0 Å². The van der Waals surface area contributed by atoms with Gasteiger partial charge in [-0.25, -0.2) is 0 Å². The van der Waals surface area contributed by atoms with Crippen molar-refractivity contribution in [3.05, 3.63) is 0 Å². The summed E-state index contributed by atoms with van der Waals surface area (Å²) in [6.07, 6.45) is 43.2. The highest BCUT2D eigenvalue weighted by molar-refractivity contribution is 5.69. The maximum atomic E-state index is 12.7. The summed E-state index contributed by atoms with van der Waals surface area (Å²) in [7, 11) is 0. The highest BCUT2D eigenvalue weighted by atomic mass is 16.5. The van der Waals surface area contributed by atoms with Crippen molar-refractivity contribution in [3.8, 4) is 0 Å². The summed E-state index contributed by atoms with van der Waals surface area (Å²) < 4.78 is 11.6. The van der Waals surface area contributed by atoms with Gasteiger partial charge in [0.1, 0.15) is 0 Å². The summed E-state index contributed by atoms with van der Waals surface area (Å²) >= 11 is 0. The van der Waals surface area contributed by atoms with Crippen LogP contribution < -0.4 is 0 Å². The van der Waals surface area contributed by atoms with Crippen LogP contribution in [-0.4, -0.2) is 61.4 Å². The molecule has 0 aromatic carbocycles. The highest BCUT2D eigenvalue weighted by Crippen LogP contribution is 2.22. The van der Waals surface area contributed by atoms with E-state index in [9.17, 15) is 14.7 Å². The quantitative estimate of drug-likeness (QED) is 0.0489. The van der Waals surface area contributed by atoms with Crippen molar-refractivity contribution in [2.24, 2.45) is 11.8 Å². The lowest BCUT2D eigenvalue weighted by Gasteiger charge is -2.21. The molecule has 2 unspecified atom stereocenters. The number of rotatable bonds is 46. The summed E-state index contributed by atoms with van der Waals surface area (Å²) in [6, 6.07) is 0. The Morgan fingerprint density at radius 2 is 0.679 bits per heavy atom. The molecule has 0 amide bonds. The molecule has 0 aliphatic rings. The molecule has 0 bridgehead atoms. The highest BCUT2D eigenvalue weighted by Gasteiger charge is 2.14. The average molecular weight is 794 g/mol. The Labute approximate surface area is 350 Å². The minimum atomic E-state index is -0.0333. The second-order valence-corrected chi connectivity index (χ2v) is 17.5. The molecule has 0 radical (unpaired) electrons. The molecule has 0 aliphatic heterocycles. The second-order valence-electron chi connectivity index (χ2n) is 17.5. The summed E-state index contributed by atoms with van der Waals surface area (Å²) in [6.45, 7) is 13.0. The SMILES string of the molecule is CCCCCCCCCCC(CCCCCCCC)COC(=O)CCCCCN(CCO)CCCCCC(=O)OCC(CCCCCC)CCCCCCCC. The first kappa shape index (κ1) is 54.9. The van der Waals surface area contributed by atoms with E-state index in [0.29, 0.717) is 44.4 Å². The van der Waals surface area contributed by atoms with Crippen LogP contribution in [0.4, 0.5) is 0 Å². The van der Waals surface area contributed by atoms with E-state index in [-0.39, 0.29) is 18.5 Å². The van der Waals surface area contributed by atoms with E-state index in [4.69, 9.17) is 9.47 Å². The third-order valence-electron chi connectivity index (χ3n) is 12.0. The molecule has 6 nitrogen and oxygen atoms in total. The maximum absolute atomic E-state index is 12.7. The summed E-state index contributed by atoms with van der Waals surface area (Å²) in [5.41, 5.74) is 0. The lowest BCUT2D eigenvalue weighted by atomic mass is 9.94. The number of aliphatic hydroxyl groups is 1. The fourth-order valence-electron chi connectivity index (χ4n) is 8.08. The van der Waals surface area contributed by atoms with E-state index < -0.39 is 0 Å². The topological polar surface area (TPSA) is 76.1 Å². The predicted molar refractivity (Wildman–Crippen MR) is 241 cm³/mol. The third kappa shape index (κ3) is 39.7. The summed E-state index contributed by atoms with van der Waals surface area (Å²) in [5, 5.41) is 9.64. The van der Waals surface area contributed by atoms with Crippen molar-refractivity contribution in [2.45, 2.75) is 259 Å². The number of esters is 2. The molecule has 6 heteroatoms. The van der Waals surface area contributed by atoms with Gasteiger partial charge >= 0.3 is 11.9 Å². The van der Waals surface area contributed by atoms with Crippen molar-refractivity contribution in [1.82, 2.24) is 4.90 Å². The van der Waals surface area contributed by atoms with E-state index >= 15 is 0 Å². The van der Waals surface area contributed by atoms with Gasteiger partial charge in [0.15, 0.2) is 0 Å². The standard InChI is InChI=1S/C50H99NO5/c1-5-9-13-17-20-21-24-30-38-48(37-29-23-19-15-11-7-3)46-56-50(54)40-32-26-34-42-51(43-44-52)41-33-25-31-39-49(53)55-45-47(35-27-16-12-8-4)36-28-22-18-14-10-6-2/h47-48,52H,5-46H2,1-4H3. The molecule has 2 atom stereocenters. The van der Waals surface area contributed by atoms with Gasteiger partial charge < -0.3 is 19.5 Å². The lowest BCUT2D eigenvalue weighted by molar-refractivity contribution is -0.146. The number of hydrogen-bond acceptors (Lipinski definition) is 6. The molecular formula is C50H99NO5. The van der Waals surface area contributed by atoms with Crippen LogP contribution >= 0.6 is 0 Å². The molecule has 0 aromatic heterocycles. The molecule has 56 heavy (non-hydrogen) atoms. The van der Waals surface area contributed by atoms with Crippen molar-refractivity contribution in [1.29, 1.82) is 0 Å². The molecule has 0 saturated heterocycles. The van der Waals surface area contributed by atoms with Gasteiger partial charge in [-0.2, -0.15) is 0 Å². The first-order chi connectivity index (χ1) is 27.5. The number of ether oxygens (including phenoxy) is 2. The smallest absolute Gasteiger partial charge is 0.305 e. The fourth-order valence-corrected chi connectivity index (χ4v) is 8.08. The molecule has 334 valence electrons. The second kappa shape index (κ2) is 45.0. The first-order valence-electron chi connectivity index (χ1n) is 25.1. The van der Waals surface area contributed by atoms with Gasteiger partial charge in [-0.3, -0.25) is 9.59 Å². The van der Waals surface area contributed by atoms with Gasteiger partial charge in [-0.15, -0.1) is 0 Å². The minimum Gasteiger partial charge on any atom is -0.465 e. The van der Waals surface area contributed by atoms with E-state index in [1.807, 2.05) is 0 Å². The van der Waals surface area contributed by atoms with E-state index in [1.54, 1.807) is 0 Å². The fraction of sp³-hybridized carbons (Fsp3) is 0.960. The molecule has 0 aromatic rings. The van der Waals surface area contributed by atoms with Crippen LogP contribution in [0.3, 0.4) is 0 Å². The Hall–Kier alpha value is -1.14. The van der Waals surface area contributed by atoms with Gasteiger partial charge in [0.25, 0.3) is 0 Å². The zero-order valence-electron chi connectivity index (χ0n) is 38.4. The summed E-state index contributed by atoms with van der Waals surface area (Å²) in [5.74, 6) is 0.968. The first-order valence-corrected chi connectivity index (χ1v) is 25.1. The molecule has 0 rings (SSSR count). The van der Waals surface area contributed by atoms with Crippen LogP contribution in [0.25, 0.3) is 0 Å². The van der Waals surface area contributed by atoms with Crippen molar-refractivity contribution >= 4 is 11.9 Å². The largest absolute Gasteiger partial charge is 0.465 e.